The van der Waals surface area contributed by atoms with Gasteiger partial charge in [0.15, 0.2) is 0 Å². The number of aromatic hydroxyl groups is 2. The van der Waals surface area contributed by atoms with Crippen LogP contribution in [0.1, 0.15) is 19.4 Å². The Bertz CT molecular complexity index is 267. The van der Waals surface area contributed by atoms with Crippen molar-refractivity contribution in [2.24, 2.45) is 5.92 Å². The van der Waals surface area contributed by atoms with E-state index in [0.717, 1.165) is 12.0 Å². The van der Waals surface area contributed by atoms with Crippen LogP contribution in [0, 0.1) is 5.92 Å². The number of rotatable bonds is 2. The van der Waals surface area contributed by atoms with Crippen LogP contribution in [0.5, 0.6) is 11.5 Å². The molecule has 0 atom stereocenters. The Labute approximate surface area is 72.5 Å². The highest BCUT2D eigenvalue weighted by Crippen LogP contribution is 2.24. The van der Waals surface area contributed by atoms with Crippen molar-refractivity contribution < 1.29 is 10.2 Å². The number of phenols is 2. The maximum Gasteiger partial charge on any atom is 0.119 e. The summed E-state index contributed by atoms with van der Waals surface area (Å²) in [7, 11) is 0. The Kier molecular flexibility index (Phi) is 2.58. The van der Waals surface area contributed by atoms with Crippen molar-refractivity contribution >= 4 is 0 Å². The number of hydrogen-bond acceptors (Lipinski definition) is 2. The third kappa shape index (κ3) is 2.16. The van der Waals surface area contributed by atoms with E-state index in [1.54, 1.807) is 6.07 Å². The number of phenolic OH excluding ortho intramolecular Hbond substituents is 2. The number of benzene rings is 1. The predicted octanol–water partition coefficient (Wildman–Crippen LogP) is 2.30. The fourth-order valence-electron chi connectivity index (χ4n) is 1.18. The molecule has 2 nitrogen and oxygen atoms in total. The van der Waals surface area contributed by atoms with Crippen LogP contribution in [-0.2, 0) is 6.42 Å². The average Bonchev–Trinajstić information content (AvgIpc) is 1.96. The van der Waals surface area contributed by atoms with Crippen LogP contribution in [0.25, 0.3) is 0 Å². The van der Waals surface area contributed by atoms with Gasteiger partial charge in [0.1, 0.15) is 11.5 Å². The smallest absolute Gasteiger partial charge is 0.119 e. The zero-order valence-corrected chi connectivity index (χ0v) is 7.41. The SMILES string of the molecule is CC(C)Cc1cc(O)ccc1O. The van der Waals surface area contributed by atoms with Crippen molar-refractivity contribution in [1.82, 2.24) is 0 Å². The summed E-state index contributed by atoms with van der Waals surface area (Å²) in [5.74, 6) is 0.961. The minimum atomic E-state index is 0.212. The first-order chi connectivity index (χ1) is 5.59. The molecule has 1 aromatic rings. The fraction of sp³-hybridized carbons (Fsp3) is 0.400. The summed E-state index contributed by atoms with van der Waals surface area (Å²) in [6.07, 6.45) is 0.792. The van der Waals surface area contributed by atoms with E-state index < -0.39 is 0 Å². The maximum atomic E-state index is 9.37. The Morgan fingerprint density at radius 3 is 2.50 bits per heavy atom. The molecule has 0 radical (unpaired) electrons. The summed E-state index contributed by atoms with van der Waals surface area (Å²) >= 11 is 0. The lowest BCUT2D eigenvalue weighted by Crippen LogP contribution is -1.93. The van der Waals surface area contributed by atoms with Gasteiger partial charge in [0.05, 0.1) is 0 Å². The predicted molar refractivity (Wildman–Crippen MR) is 48.3 cm³/mol. The van der Waals surface area contributed by atoms with Crippen molar-refractivity contribution in [3.8, 4) is 11.5 Å². The van der Waals surface area contributed by atoms with Crippen LogP contribution in [0.3, 0.4) is 0 Å². The van der Waals surface area contributed by atoms with Gasteiger partial charge in [-0.05, 0) is 36.1 Å². The van der Waals surface area contributed by atoms with Crippen molar-refractivity contribution in [2.45, 2.75) is 20.3 Å². The first kappa shape index (κ1) is 8.91. The van der Waals surface area contributed by atoms with Gasteiger partial charge >= 0.3 is 0 Å². The molecule has 2 heteroatoms. The quantitative estimate of drug-likeness (QED) is 0.662. The molecule has 0 fully saturated rings. The van der Waals surface area contributed by atoms with Crippen LogP contribution in [0.4, 0.5) is 0 Å². The highest BCUT2D eigenvalue weighted by atomic mass is 16.3. The molecular weight excluding hydrogens is 152 g/mol. The molecule has 0 saturated heterocycles. The zero-order valence-electron chi connectivity index (χ0n) is 7.41. The van der Waals surface area contributed by atoms with Gasteiger partial charge in [0.25, 0.3) is 0 Å². The third-order valence-corrected chi connectivity index (χ3v) is 1.69. The molecule has 0 aliphatic carbocycles. The summed E-state index contributed by atoms with van der Waals surface area (Å²) < 4.78 is 0. The van der Waals surface area contributed by atoms with E-state index in [1.807, 2.05) is 0 Å². The molecule has 0 spiro atoms. The molecule has 1 aromatic carbocycles. The minimum Gasteiger partial charge on any atom is -0.508 e. The van der Waals surface area contributed by atoms with Gasteiger partial charge in [0, 0.05) is 0 Å². The lowest BCUT2D eigenvalue weighted by Gasteiger charge is -2.07. The molecule has 1 rings (SSSR count). The van der Waals surface area contributed by atoms with E-state index in [9.17, 15) is 5.11 Å². The summed E-state index contributed by atoms with van der Waals surface area (Å²) in [6, 6.07) is 4.61. The molecule has 0 unspecified atom stereocenters. The third-order valence-electron chi connectivity index (χ3n) is 1.69. The molecule has 0 aliphatic rings. The fourth-order valence-corrected chi connectivity index (χ4v) is 1.18. The molecule has 0 saturated carbocycles. The minimum absolute atomic E-state index is 0.212. The van der Waals surface area contributed by atoms with Gasteiger partial charge in [-0.25, -0.2) is 0 Å². The Hall–Kier alpha value is -1.18. The van der Waals surface area contributed by atoms with Crippen LogP contribution in [-0.4, -0.2) is 10.2 Å². The maximum absolute atomic E-state index is 9.37. The molecule has 66 valence electrons. The van der Waals surface area contributed by atoms with Crippen LogP contribution in [0.2, 0.25) is 0 Å². The highest BCUT2D eigenvalue weighted by molar-refractivity contribution is 5.38. The van der Waals surface area contributed by atoms with Gasteiger partial charge in [-0.2, -0.15) is 0 Å². The van der Waals surface area contributed by atoms with Crippen molar-refractivity contribution in [2.75, 3.05) is 0 Å². The Balaban J connectivity index is 2.90. The van der Waals surface area contributed by atoms with E-state index in [-0.39, 0.29) is 11.5 Å². The van der Waals surface area contributed by atoms with Crippen LogP contribution in [0.15, 0.2) is 18.2 Å². The summed E-state index contributed by atoms with van der Waals surface area (Å²) in [6.45, 7) is 4.15. The van der Waals surface area contributed by atoms with E-state index in [2.05, 4.69) is 13.8 Å². The molecule has 2 N–H and O–H groups in total. The second-order valence-corrected chi connectivity index (χ2v) is 3.41. The topological polar surface area (TPSA) is 40.5 Å². The molecule has 0 amide bonds. The summed E-state index contributed by atoms with van der Waals surface area (Å²) in [5, 5.41) is 18.5. The largest absolute Gasteiger partial charge is 0.508 e. The van der Waals surface area contributed by atoms with Gasteiger partial charge in [0.2, 0.25) is 0 Å². The lowest BCUT2D eigenvalue weighted by atomic mass is 10.0. The zero-order chi connectivity index (χ0) is 9.14. The normalized spacial score (nSPS) is 10.6. The average molecular weight is 166 g/mol. The Morgan fingerprint density at radius 2 is 1.92 bits per heavy atom. The van der Waals surface area contributed by atoms with Crippen LogP contribution < -0.4 is 0 Å². The Morgan fingerprint density at radius 1 is 1.25 bits per heavy atom. The molecule has 0 bridgehead atoms. The monoisotopic (exact) mass is 166 g/mol. The second kappa shape index (κ2) is 3.48. The molecule has 12 heavy (non-hydrogen) atoms. The second-order valence-electron chi connectivity index (χ2n) is 3.41. The van der Waals surface area contributed by atoms with Crippen molar-refractivity contribution in [1.29, 1.82) is 0 Å². The van der Waals surface area contributed by atoms with Crippen molar-refractivity contribution in [3.63, 3.8) is 0 Å². The van der Waals surface area contributed by atoms with Gasteiger partial charge < -0.3 is 10.2 Å². The summed E-state index contributed by atoms with van der Waals surface area (Å²) in [4.78, 5) is 0. The van der Waals surface area contributed by atoms with E-state index in [4.69, 9.17) is 5.11 Å². The van der Waals surface area contributed by atoms with Crippen molar-refractivity contribution in [3.05, 3.63) is 23.8 Å². The highest BCUT2D eigenvalue weighted by Gasteiger charge is 2.04. The van der Waals surface area contributed by atoms with Gasteiger partial charge in [-0.3, -0.25) is 0 Å². The van der Waals surface area contributed by atoms with E-state index in [0.29, 0.717) is 5.92 Å². The standard InChI is InChI=1S/C10H14O2/c1-7(2)5-8-6-9(11)3-4-10(8)12/h3-4,6-7,11-12H,5H2,1-2H3. The van der Waals surface area contributed by atoms with Crippen LogP contribution >= 0.6 is 0 Å². The van der Waals surface area contributed by atoms with E-state index in [1.165, 1.54) is 12.1 Å². The molecule has 0 aliphatic heterocycles. The molecule has 0 aromatic heterocycles. The van der Waals surface area contributed by atoms with Gasteiger partial charge in [-0.15, -0.1) is 0 Å². The first-order valence-electron chi connectivity index (χ1n) is 4.10. The van der Waals surface area contributed by atoms with E-state index >= 15 is 0 Å². The van der Waals surface area contributed by atoms with Gasteiger partial charge in [-0.1, -0.05) is 13.8 Å². The first-order valence-corrected chi connectivity index (χ1v) is 4.10. The summed E-state index contributed by atoms with van der Waals surface area (Å²) in [5.41, 5.74) is 0.810. The molecular formula is C10H14O2. The molecule has 0 heterocycles. The lowest BCUT2D eigenvalue weighted by molar-refractivity contribution is 0.449. The number of hydrogen-bond donors (Lipinski definition) is 2.